The van der Waals surface area contributed by atoms with E-state index in [1.165, 1.54) is 56.9 Å². The third-order valence-electron chi connectivity index (χ3n) is 6.89. The van der Waals surface area contributed by atoms with E-state index >= 15 is 0 Å². The third-order valence-corrected chi connectivity index (χ3v) is 6.89. The number of hydrogen-bond acceptors (Lipinski definition) is 3. The fourth-order valence-corrected chi connectivity index (χ4v) is 4.94. The van der Waals surface area contributed by atoms with E-state index in [1.807, 2.05) is 0 Å². The standard InChI is InChI=1S/C27H40O3/c1-3-4-6-9-22-11-13-23(14-12-22)24-15-17-25(18-16-24)29-19-8-5-7-10-26-20-21(2)27(28)30-26/h15-18,22-23,26H,2-14,19-20H2,1H3. The zero-order valence-electron chi connectivity index (χ0n) is 18.9. The highest BCUT2D eigenvalue weighted by Gasteiger charge is 2.26. The molecule has 0 bridgehead atoms. The van der Waals surface area contributed by atoms with Crippen LogP contribution in [0.3, 0.4) is 0 Å². The summed E-state index contributed by atoms with van der Waals surface area (Å²) in [7, 11) is 0. The molecular weight excluding hydrogens is 372 g/mol. The molecule has 0 N–H and O–H groups in total. The second kappa shape index (κ2) is 12.2. The van der Waals surface area contributed by atoms with Crippen molar-refractivity contribution in [2.45, 2.75) is 102 Å². The molecule has 1 aromatic carbocycles. The lowest BCUT2D eigenvalue weighted by Gasteiger charge is -2.29. The molecule has 1 aliphatic heterocycles. The molecule has 3 heteroatoms. The van der Waals surface area contributed by atoms with E-state index in [2.05, 4.69) is 37.8 Å². The van der Waals surface area contributed by atoms with Gasteiger partial charge >= 0.3 is 5.97 Å². The van der Waals surface area contributed by atoms with Gasteiger partial charge in [0.2, 0.25) is 0 Å². The van der Waals surface area contributed by atoms with Crippen molar-refractivity contribution in [1.29, 1.82) is 0 Å². The highest BCUT2D eigenvalue weighted by molar-refractivity contribution is 5.89. The SMILES string of the molecule is C=C1CC(CCCCCOc2ccc(C3CCC(CCCCC)CC3)cc2)OC1=O. The first-order valence-corrected chi connectivity index (χ1v) is 12.3. The predicted octanol–water partition coefficient (Wildman–Crippen LogP) is 7.35. The van der Waals surface area contributed by atoms with Crippen molar-refractivity contribution in [3.63, 3.8) is 0 Å². The highest BCUT2D eigenvalue weighted by atomic mass is 16.5. The first-order chi connectivity index (χ1) is 14.7. The molecular formula is C27H40O3. The minimum Gasteiger partial charge on any atom is -0.494 e. The smallest absolute Gasteiger partial charge is 0.333 e. The molecule has 1 aliphatic carbocycles. The van der Waals surface area contributed by atoms with Gasteiger partial charge in [-0.25, -0.2) is 4.79 Å². The molecule has 1 saturated carbocycles. The third kappa shape index (κ3) is 7.18. The van der Waals surface area contributed by atoms with E-state index in [4.69, 9.17) is 9.47 Å². The van der Waals surface area contributed by atoms with Gasteiger partial charge in [0.05, 0.1) is 6.61 Å². The Labute approximate surface area is 183 Å². The van der Waals surface area contributed by atoms with Crippen LogP contribution in [0.5, 0.6) is 5.75 Å². The average Bonchev–Trinajstić information content (AvgIpc) is 3.09. The van der Waals surface area contributed by atoms with Gasteiger partial charge in [0, 0.05) is 12.0 Å². The molecule has 1 aromatic rings. The van der Waals surface area contributed by atoms with Crippen LogP contribution in [0.25, 0.3) is 0 Å². The van der Waals surface area contributed by atoms with Crippen LogP contribution in [0.4, 0.5) is 0 Å². The maximum atomic E-state index is 11.3. The average molecular weight is 413 g/mol. The van der Waals surface area contributed by atoms with Crippen LogP contribution in [0.1, 0.15) is 102 Å². The van der Waals surface area contributed by atoms with Crippen LogP contribution in [0.2, 0.25) is 0 Å². The molecule has 30 heavy (non-hydrogen) atoms. The largest absolute Gasteiger partial charge is 0.494 e. The zero-order valence-corrected chi connectivity index (χ0v) is 18.9. The molecule has 0 spiro atoms. The number of carbonyl (C=O) groups excluding carboxylic acids is 1. The van der Waals surface area contributed by atoms with E-state index in [-0.39, 0.29) is 12.1 Å². The molecule has 1 unspecified atom stereocenters. The van der Waals surface area contributed by atoms with Gasteiger partial charge in [-0.05, 0) is 80.9 Å². The fraction of sp³-hybridized carbons (Fsp3) is 0.667. The highest BCUT2D eigenvalue weighted by Crippen LogP contribution is 2.38. The summed E-state index contributed by atoms with van der Waals surface area (Å²) < 4.78 is 11.2. The van der Waals surface area contributed by atoms with Crippen LogP contribution < -0.4 is 4.74 Å². The van der Waals surface area contributed by atoms with Gasteiger partial charge < -0.3 is 9.47 Å². The predicted molar refractivity (Wildman–Crippen MR) is 123 cm³/mol. The van der Waals surface area contributed by atoms with E-state index < -0.39 is 0 Å². The van der Waals surface area contributed by atoms with Gasteiger partial charge in [-0.15, -0.1) is 0 Å². The molecule has 0 radical (unpaired) electrons. The second-order valence-corrected chi connectivity index (χ2v) is 9.32. The van der Waals surface area contributed by atoms with Gasteiger partial charge in [0.25, 0.3) is 0 Å². The molecule has 0 amide bonds. The summed E-state index contributed by atoms with van der Waals surface area (Å²) in [6.45, 7) is 6.77. The molecule has 1 saturated heterocycles. The van der Waals surface area contributed by atoms with Crippen molar-refractivity contribution in [2.24, 2.45) is 5.92 Å². The molecule has 2 fully saturated rings. The molecule has 166 valence electrons. The fourth-order valence-electron chi connectivity index (χ4n) is 4.94. The summed E-state index contributed by atoms with van der Waals surface area (Å²) in [4.78, 5) is 11.3. The van der Waals surface area contributed by atoms with E-state index in [0.29, 0.717) is 12.0 Å². The summed E-state index contributed by atoms with van der Waals surface area (Å²) in [5, 5.41) is 0. The van der Waals surface area contributed by atoms with Gasteiger partial charge in [0.1, 0.15) is 11.9 Å². The molecule has 3 nitrogen and oxygen atoms in total. The lowest BCUT2D eigenvalue weighted by molar-refractivity contribution is -0.139. The van der Waals surface area contributed by atoms with Crippen LogP contribution in [0, 0.1) is 5.92 Å². The Morgan fingerprint density at radius 2 is 1.70 bits per heavy atom. The summed E-state index contributed by atoms with van der Waals surface area (Å²) in [5.74, 6) is 2.47. The number of carbonyl (C=O) groups is 1. The van der Waals surface area contributed by atoms with Gasteiger partial charge in [-0.3, -0.25) is 0 Å². The Morgan fingerprint density at radius 3 is 2.37 bits per heavy atom. The molecule has 1 atom stereocenters. The van der Waals surface area contributed by atoms with Crippen LogP contribution in [-0.4, -0.2) is 18.7 Å². The number of rotatable bonds is 12. The van der Waals surface area contributed by atoms with Crippen LogP contribution >= 0.6 is 0 Å². The van der Waals surface area contributed by atoms with E-state index in [1.54, 1.807) is 0 Å². The number of cyclic esters (lactones) is 1. The van der Waals surface area contributed by atoms with Crippen LogP contribution in [0.15, 0.2) is 36.4 Å². The summed E-state index contributed by atoms with van der Waals surface area (Å²) in [6, 6.07) is 8.84. The molecule has 0 aromatic heterocycles. The Bertz CT molecular complexity index is 639. The van der Waals surface area contributed by atoms with Crippen molar-refractivity contribution in [3.05, 3.63) is 42.0 Å². The van der Waals surface area contributed by atoms with Gasteiger partial charge in [-0.1, -0.05) is 51.3 Å². The molecule has 3 rings (SSSR count). The van der Waals surface area contributed by atoms with Crippen molar-refractivity contribution in [2.75, 3.05) is 6.61 Å². The maximum Gasteiger partial charge on any atom is 0.333 e. The molecule has 1 heterocycles. The normalized spacial score (nSPS) is 24.1. The summed E-state index contributed by atoms with van der Waals surface area (Å²) in [6.07, 6.45) is 16.0. The Hall–Kier alpha value is -1.77. The number of unbranched alkanes of at least 4 members (excludes halogenated alkanes) is 4. The number of hydrogen-bond donors (Lipinski definition) is 0. The van der Waals surface area contributed by atoms with Crippen molar-refractivity contribution < 1.29 is 14.3 Å². The monoisotopic (exact) mass is 412 g/mol. The lowest BCUT2D eigenvalue weighted by atomic mass is 9.77. The zero-order chi connectivity index (χ0) is 21.2. The quantitative estimate of drug-likeness (QED) is 0.204. The second-order valence-electron chi connectivity index (χ2n) is 9.32. The maximum absolute atomic E-state index is 11.3. The van der Waals surface area contributed by atoms with E-state index in [0.717, 1.165) is 49.9 Å². The minimum atomic E-state index is -0.216. The lowest BCUT2D eigenvalue weighted by Crippen LogP contribution is -2.13. The van der Waals surface area contributed by atoms with Crippen molar-refractivity contribution in [3.8, 4) is 5.75 Å². The summed E-state index contributed by atoms with van der Waals surface area (Å²) >= 11 is 0. The summed E-state index contributed by atoms with van der Waals surface area (Å²) in [5.41, 5.74) is 2.11. The topological polar surface area (TPSA) is 35.5 Å². The number of benzene rings is 1. The Balaban J connectivity index is 1.27. The number of ether oxygens (including phenoxy) is 2. The Kier molecular flexibility index (Phi) is 9.29. The van der Waals surface area contributed by atoms with Crippen molar-refractivity contribution >= 4 is 5.97 Å². The van der Waals surface area contributed by atoms with Crippen LogP contribution in [-0.2, 0) is 9.53 Å². The minimum absolute atomic E-state index is 0.0462. The number of esters is 1. The Morgan fingerprint density at radius 1 is 0.967 bits per heavy atom. The van der Waals surface area contributed by atoms with Gasteiger partial charge in [-0.2, -0.15) is 0 Å². The van der Waals surface area contributed by atoms with Crippen molar-refractivity contribution in [1.82, 2.24) is 0 Å². The first-order valence-electron chi connectivity index (χ1n) is 12.3. The van der Waals surface area contributed by atoms with E-state index in [9.17, 15) is 4.79 Å². The van der Waals surface area contributed by atoms with Gasteiger partial charge in [0.15, 0.2) is 0 Å². The molecule has 2 aliphatic rings. The first kappa shape index (κ1) is 22.9.